The molecule has 1 aliphatic heterocycles. The highest BCUT2D eigenvalue weighted by molar-refractivity contribution is 7.80. The lowest BCUT2D eigenvalue weighted by Gasteiger charge is -2.27. The van der Waals surface area contributed by atoms with Crippen molar-refractivity contribution < 1.29 is 14.3 Å². The van der Waals surface area contributed by atoms with Crippen molar-refractivity contribution in [1.29, 1.82) is 0 Å². The van der Waals surface area contributed by atoms with Crippen LogP contribution in [0.15, 0.2) is 85.0 Å². The molecular weight excluding hydrogens is 408 g/mol. The SMILES string of the molecule is C=CCN1C(=O)/C(=C/c2ccccc2OCc2ccc3ccccc3c2)C(=O)NC1=S. The number of benzene rings is 3. The first-order chi connectivity index (χ1) is 15.1. The molecule has 0 atom stereocenters. The zero-order valence-electron chi connectivity index (χ0n) is 16.7. The molecule has 6 heteroatoms. The molecule has 31 heavy (non-hydrogen) atoms. The van der Waals surface area contributed by atoms with Crippen LogP contribution in [0.25, 0.3) is 16.8 Å². The largest absolute Gasteiger partial charge is 0.488 e. The summed E-state index contributed by atoms with van der Waals surface area (Å²) in [6.07, 6.45) is 3.09. The van der Waals surface area contributed by atoms with E-state index >= 15 is 0 Å². The van der Waals surface area contributed by atoms with Crippen LogP contribution in [0.3, 0.4) is 0 Å². The van der Waals surface area contributed by atoms with E-state index in [4.69, 9.17) is 17.0 Å². The lowest BCUT2D eigenvalue weighted by molar-refractivity contribution is -0.128. The summed E-state index contributed by atoms with van der Waals surface area (Å²) in [5, 5.41) is 4.93. The number of nitrogens with zero attached hydrogens (tertiary/aromatic N) is 1. The Morgan fingerprint density at radius 2 is 1.74 bits per heavy atom. The average Bonchev–Trinajstić information content (AvgIpc) is 2.78. The van der Waals surface area contributed by atoms with Gasteiger partial charge in [0.15, 0.2) is 5.11 Å². The molecule has 4 rings (SSSR count). The zero-order chi connectivity index (χ0) is 21.8. The topological polar surface area (TPSA) is 58.6 Å². The minimum absolute atomic E-state index is 0.00259. The Kier molecular flexibility index (Phi) is 5.91. The molecule has 2 amide bonds. The van der Waals surface area contributed by atoms with Gasteiger partial charge in [-0.1, -0.05) is 60.7 Å². The molecule has 1 N–H and O–H groups in total. The molecular formula is C25H20N2O3S. The second kappa shape index (κ2) is 8.93. The molecule has 1 fully saturated rings. The molecule has 154 valence electrons. The summed E-state index contributed by atoms with van der Waals surface area (Å²) in [5.74, 6) is -0.412. The number of carbonyl (C=O) groups excluding carboxylic acids is 2. The second-order valence-electron chi connectivity index (χ2n) is 7.03. The predicted molar refractivity (Wildman–Crippen MR) is 125 cm³/mol. The molecule has 0 bridgehead atoms. The number of hydrogen-bond donors (Lipinski definition) is 1. The van der Waals surface area contributed by atoms with Crippen molar-refractivity contribution in [2.75, 3.05) is 6.54 Å². The molecule has 5 nitrogen and oxygen atoms in total. The molecule has 3 aromatic rings. The van der Waals surface area contributed by atoms with Crippen molar-refractivity contribution in [3.8, 4) is 5.75 Å². The summed E-state index contributed by atoms with van der Waals surface area (Å²) in [6, 6.07) is 21.6. The number of thiocarbonyl (C=S) groups is 1. The van der Waals surface area contributed by atoms with Crippen molar-refractivity contribution in [2.45, 2.75) is 6.61 Å². The van der Waals surface area contributed by atoms with Crippen LogP contribution in [0.5, 0.6) is 5.75 Å². The normalized spacial score (nSPS) is 15.3. The number of fused-ring (bicyclic) bond motifs is 1. The second-order valence-corrected chi connectivity index (χ2v) is 7.42. The van der Waals surface area contributed by atoms with Crippen molar-refractivity contribution in [1.82, 2.24) is 10.2 Å². The van der Waals surface area contributed by atoms with Gasteiger partial charge in [0.1, 0.15) is 17.9 Å². The van der Waals surface area contributed by atoms with Crippen LogP contribution in [-0.2, 0) is 16.2 Å². The van der Waals surface area contributed by atoms with Gasteiger partial charge >= 0.3 is 0 Å². The third-order valence-electron chi connectivity index (χ3n) is 4.92. The molecule has 1 aliphatic rings. The molecule has 0 spiro atoms. The summed E-state index contributed by atoms with van der Waals surface area (Å²) < 4.78 is 6.04. The highest BCUT2D eigenvalue weighted by atomic mass is 32.1. The van der Waals surface area contributed by atoms with E-state index in [9.17, 15) is 9.59 Å². The van der Waals surface area contributed by atoms with Crippen LogP contribution in [0, 0.1) is 0 Å². The maximum atomic E-state index is 12.8. The van der Waals surface area contributed by atoms with Gasteiger partial charge in [-0.05, 0) is 46.8 Å². The number of carbonyl (C=O) groups is 2. The van der Waals surface area contributed by atoms with Gasteiger partial charge in [-0.25, -0.2) is 0 Å². The summed E-state index contributed by atoms with van der Waals surface area (Å²) in [7, 11) is 0. The van der Waals surface area contributed by atoms with Gasteiger partial charge in [0, 0.05) is 12.1 Å². The number of hydrogen-bond acceptors (Lipinski definition) is 4. The number of ether oxygens (including phenoxy) is 1. The van der Waals surface area contributed by atoms with E-state index in [1.165, 1.54) is 16.4 Å². The summed E-state index contributed by atoms with van der Waals surface area (Å²) in [4.78, 5) is 26.5. The lowest BCUT2D eigenvalue weighted by Crippen LogP contribution is -2.53. The van der Waals surface area contributed by atoms with Crippen molar-refractivity contribution in [3.63, 3.8) is 0 Å². The Labute approximate surface area is 185 Å². The highest BCUT2D eigenvalue weighted by Crippen LogP contribution is 2.25. The monoisotopic (exact) mass is 428 g/mol. The van der Waals surface area contributed by atoms with E-state index in [-0.39, 0.29) is 17.2 Å². The van der Waals surface area contributed by atoms with Crippen LogP contribution in [-0.4, -0.2) is 28.4 Å². The minimum atomic E-state index is -0.528. The first kappa shape index (κ1) is 20.5. The van der Waals surface area contributed by atoms with Crippen LogP contribution < -0.4 is 10.1 Å². The standard InChI is InChI=1S/C25H20N2O3S/c1-2-13-27-24(29)21(23(28)26-25(27)31)15-20-9-5-6-10-22(20)30-16-17-11-12-18-7-3-4-8-19(18)14-17/h2-12,14-15H,1,13,16H2,(H,26,28,31)/b21-15+. The fourth-order valence-electron chi connectivity index (χ4n) is 3.37. The van der Waals surface area contributed by atoms with Gasteiger partial charge in [-0.2, -0.15) is 0 Å². The van der Waals surface area contributed by atoms with E-state index < -0.39 is 11.8 Å². The van der Waals surface area contributed by atoms with Gasteiger partial charge in [-0.3, -0.25) is 19.8 Å². The molecule has 1 saturated heterocycles. The van der Waals surface area contributed by atoms with E-state index in [1.54, 1.807) is 12.1 Å². The van der Waals surface area contributed by atoms with Gasteiger partial charge in [0.2, 0.25) is 0 Å². The number of para-hydroxylation sites is 1. The smallest absolute Gasteiger partial charge is 0.265 e. The Morgan fingerprint density at radius 1 is 1.00 bits per heavy atom. The van der Waals surface area contributed by atoms with Gasteiger partial charge < -0.3 is 4.74 Å². The van der Waals surface area contributed by atoms with Crippen LogP contribution in [0.1, 0.15) is 11.1 Å². The van der Waals surface area contributed by atoms with Gasteiger partial charge in [0.05, 0.1) is 0 Å². The molecule has 0 saturated carbocycles. The zero-order valence-corrected chi connectivity index (χ0v) is 17.5. The maximum Gasteiger partial charge on any atom is 0.265 e. The van der Waals surface area contributed by atoms with Crippen LogP contribution >= 0.6 is 12.2 Å². The minimum Gasteiger partial charge on any atom is -0.488 e. The summed E-state index contributed by atoms with van der Waals surface area (Å²) in [5.41, 5.74) is 1.65. The fourth-order valence-corrected chi connectivity index (χ4v) is 3.62. The molecule has 0 aromatic heterocycles. The molecule has 0 aliphatic carbocycles. The van der Waals surface area contributed by atoms with E-state index in [0.717, 1.165) is 10.9 Å². The molecule has 1 heterocycles. The Morgan fingerprint density at radius 3 is 2.55 bits per heavy atom. The van der Waals surface area contributed by atoms with Crippen molar-refractivity contribution in [2.24, 2.45) is 0 Å². The maximum absolute atomic E-state index is 12.8. The third-order valence-corrected chi connectivity index (χ3v) is 5.25. The van der Waals surface area contributed by atoms with E-state index in [1.807, 2.05) is 36.4 Å². The molecule has 0 radical (unpaired) electrons. The van der Waals surface area contributed by atoms with Gasteiger partial charge in [0.25, 0.3) is 11.8 Å². The summed E-state index contributed by atoms with van der Waals surface area (Å²) in [6.45, 7) is 4.21. The van der Waals surface area contributed by atoms with E-state index in [2.05, 4.69) is 36.2 Å². The van der Waals surface area contributed by atoms with Gasteiger partial charge in [-0.15, -0.1) is 6.58 Å². The fraction of sp³-hybridized carbons (Fsp3) is 0.0800. The number of nitrogens with one attached hydrogen (secondary N) is 1. The van der Waals surface area contributed by atoms with Crippen LogP contribution in [0.2, 0.25) is 0 Å². The number of rotatable bonds is 6. The Hall–Kier alpha value is -3.77. The Balaban J connectivity index is 1.59. The molecule has 3 aromatic carbocycles. The molecule has 0 unspecified atom stereocenters. The highest BCUT2D eigenvalue weighted by Gasteiger charge is 2.32. The Bertz CT molecular complexity index is 1230. The van der Waals surface area contributed by atoms with Crippen molar-refractivity contribution in [3.05, 3.63) is 96.1 Å². The predicted octanol–water partition coefficient (Wildman–Crippen LogP) is 4.23. The first-order valence-electron chi connectivity index (χ1n) is 9.76. The number of amides is 2. The van der Waals surface area contributed by atoms with Crippen molar-refractivity contribution >= 4 is 46.0 Å². The van der Waals surface area contributed by atoms with E-state index in [0.29, 0.717) is 17.9 Å². The van der Waals surface area contributed by atoms with Crippen LogP contribution in [0.4, 0.5) is 0 Å². The lowest BCUT2D eigenvalue weighted by atomic mass is 10.1. The third kappa shape index (κ3) is 4.39. The average molecular weight is 429 g/mol. The quantitative estimate of drug-likeness (QED) is 0.276. The first-order valence-corrected chi connectivity index (χ1v) is 10.2. The summed E-state index contributed by atoms with van der Waals surface area (Å²) >= 11 is 5.09.